The molecule has 7 rings (SSSR count). The van der Waals surface area contributed by atoms with Crippen molar-refractivity contribution in [2.75, 3.05) is 102 Å². The lowest BCUT2D eigenvalue weighted by molar-refractivity contribution is -0.111. The van der Waals surface area contributed by atoms with E-state index in [-0.39, 0.29) is 33.0 Å². The Morgan fingerprint density at radius 1 is 0.902 bits per heavy atom. The van der Waals surface area contributed by atoms with E-state index in [1.54, 1.807) is 30.3 Å². The zero-order valence-electron chi connectivity index (χ0n) is 36.1. The Labute approximate surface area is 361 Å². The fourth-order valence-electron chi connectivity index (χ4n) is 10.5. The van der Waals surface area contributed by atoms with Gasteiger partial charge in [-0.3, -0.25) is 4.79 Å². The third-order valence-corrected chi connectivity index (χ3v) is 15.5. The van der Waals surface area contributed by atoms with Crippen LogP contribution < -0.4 is 20.4 Å². The number of carbonyl (C=O) groups excluding carboxylic acids is 1. The molecule has 3 aromatic rings. The molecule has 2 amide bonds. The van der Waals surface area contributed by atoms with E-state index in [2.05, 4.69) is 42.9 Å². The Bertz CT molecular complexity index is 2120. The molecule has 14 heteroatoms. The van der Waals surface area contributed by atoms with Crippen LogP contribution >= 0.6 is 0 Å². The van der Waals surface area contributed by atoms with Gasteiger partial charge in [0, 0.05) is 74.2 Å². The van der Waals surface area contributed by atoms with E-state index in [0.29, 0.717) is 29.8 Å². The van der Waals surface area contributed by atoms with Crippen LogP contribution in [0.3, 0.4) is 0 Å². The highest BCUT2D eigenvalue weighted by atomic mass is 32.2. The summed E-state index contributed by atoms with van der Waals surface area (Å²) in [6.45, 7) is 12.7. The molecule has 330 valence electrons. The van der Waals surface area contributed by atoms with Crippen LogP contribution in [0.4, 0.5) is 26.2 Å². The Morgan fingerprint density at radius 3 is 2.28 bits per heavy atom. The third-order valence-electron chi connectivity index (χ3n) is 13.8. The van der Waals surface area contributed by atoms with Gasteiger partial charge in [0.1, 0.15) is 5.82 Å². The average Bonchev–Trinajstić information content (AvgIpc) is 3.66. The second kappa shape index (κ2) is 19.3. The summed E-state index contributed by atoms with van der Waals surface area (Å²) in [7, 11) is 2.05. The van der Waals surface area contributed by atoms with Crippen molar-refractivity contribution in [1.82, 2.24) is 20.0 Å². The third kappa shape index (κ3) is 10.2. The highest BCUT2D eigenvalue weighted by molar-refractivity contribution is 7.91. The number of piperidine rings is 1. The Balaban J connectivity index is 0.991. The molecule has 1 unspecified atom stereocenters. The zero-order valence-corrected chi connectivity index (χ0v) is 36.9. The molecule has 61 heavy (non-hydrogen) atoms. The molecule has 1 saturated carbocycles. The quantitative estimate of drug-likeness (QED) is 0.124. The number of hydrogen-bond acceptors (Lipinski definition) is 9. The number of rotatable bonds is 18. The van der Waals surface area contributed by atoms with E-state index in [4.69, 9.17) is 0 Å². The van der Waals surface area contributed by atoms with Gasteiger partial charge >= 0.3 is 6.09 Å². The highest BCUT2D eigenvalue weighted by Crippen LogP contribution is 2.51. The van der Waals surface area contributed by atoms with Crippen molar-refractivity contribution < 1.29 is 27.5 Å². The number of benzene rings is 3. The van der Waals surface area contributed by atoms with Crippen molar-refractivity contribution in [1.29, 1.82) is 0 Å². The van der Waals surface area contributed by atoms with Gasteiger partial charge in [-0.2, -0.15) is 0 Å². The van der Waals surface area contributed by atoms with E-state index in [0.717, 1.165) is 121 Å². The smallest absolute Gasteiger partial charge is 0.404 e. The van der Waals surface area contributed by atoms with Crippen LogP contribution in [0.1, 0.15) is 50.5 Å². The second-order valence-corrected chi connectivity index (χ2v) is 20.1. The van der Waals surface area contributed by atoms with Gasteiger partial charge in [0.05, 0.1) is 9.79 Å². The molecule has 12 nitrogen and oxygen atoms in total. The first-order valence-corrected chi connectivity index (χ1v) is 23.5. The number of carboxylic acid groups (broad SMARTS) is 1. The number of anilines is 3. The van der Waals surface area contributed by atoms with Crippen LogP contribution in [0.2, 0.25) is 0 Å². The van der Waals surface area contributed by atoms with E-state index in [1.807, 2.05) is 44.2 Å². The molecule has 0 bridgehead atoms. The number of nitrogens with one attached hydrogen (secondary N) is 2. The van der Waals surface area contributed by atoms with E-state index in [9.17, 15) is 23.1 Å². The van der Waals surface area contributed by atoms with Gasteiger partial charge in [-0.15, -0.1) is 0 Å². The molecule has 0 radical (unpaired) electrons. The monoisotopic (exact) mass is 857 g/mol. The van der Waals surface area contributed by atoms with Crippen LogP contribution in [0.15, 0.2) is 89.2 Å². The normalized spacial score (nSPS) is 21.4. The van der Waals surface area contributed by atoms with Crippen molar-refractivity contribution in [2.24, 2.45) is 17.8 Å². The molecule has 3 aromatic carbocycles. The molecule has 4 fully saturated rings. The number of likely N-dealkylation sites (tertiary alicyclic amines) is 2. The fourth-order valence-corrected chi connectivity index (χ4v) is 11.9. The van der Waals surface area contributed by atoms with Gasteiger partial charge < -0.3 is 40.2 Å². The van der Waals surface area contributed by atoms with Crippen LogP contribution in [-0.2, 0) is 20.0 Å². The standard InChI is InChI=1S/C47H64FN7O5S/c1-5-45(56)49-38-27-40(52(4)21-8-20-51(2)3)29-42(28-38)61(59,60)41-16-14-39(15-17-41)55-31-34(32-55)30-53-24-18-35(19-25-53)47(33-54-22-9-23-54,36-10-6-11-37(48)26-36)43-12-7-13-44(43)50-46(57)58/h5-6,10-11,14-17,26-29,34-35,43-44,50H,1,7-9,12-13,18-25,30-33H2,2-4H3,(H,49,56)(H,57,58)/t43-,44-,47?/m0/s1. The van der Waals surface area contributed by atoms with Gasteiger partial charge in [-0.25, -0.2) is 17.6 Å². The summed E-state index contributed by atoms with van der Waals surface area (Å²) < 4.78 is 43.0. The zero-order chi connectivity index (χ0) is 43.3. The van der Waals surface area contributed by atoms with Crippen molar-refractivity contribution in [3.05, 3.63) is 90.8 Å². The van der Waals surface area contributed by atoms with E-state index in [1.165, 1.54) is 12.1 Å². The van der Waals surface area contributed by atoms with Gasteiger partial charge in [-0.05, 0) is 163 Å². The summed E-state index contributed by atoms with van der Waals surface area (Å²) in [5.74, 6) is 0.229. The molecule has 4 aliphatic rings. The predicted molar refractivity (Wildman–Crippen MR) is 240 cm³/mol. The maximum absolute atomic E-state index is 15.0. The summed E-state index contributed by atoms with van der Waals surface area (Å²) in [5.41, 5.74) is 2.74. The van der Waals surface area contributed by atoms with Crippen LogP contribution in [0.5, 0.6) is 0 Å². The van der Waals surface area contributed by atoms with Gasteiger partial charge in [0.25, 0.3) is 0 Å². The molecule has 1 aliphatic carbocycles. The number of amides is 2. The van der Waals surface area contributed by atoms with Crippen molar-refractivity contribution in [2.45, 2.75) is 66.2 Å². The molecular weight excluding hydrogens is 794 g/mol. The molecule has 3 atom stereocenters. The molecule has 3 aliphatic heterocycles. The topological polar surface area (TPSA) is 129 Å². The summed E-state index contributed by atoms with van der Waals surface area (Å²) in [4.78, 5) is 35.9. The molecule has 3 saturated heterocycles. The molecule has 3 N–H and O–H groups in total. The number of carbonyl (C=O) groups is 2. The van der Waals surface area contributed by atoms with Crippen LogP contribution in [0.25, 0.3) is 0 Å². The summed E-state index contributed by atoms with van der Waals surface area (Å²) >= 11 is 0. The Hall–Kier alpha value is -4.50. The number of hydrogen-bond donors (Lipinski definition) is 3. The lowest BCUT2D eigenvalue weighted by Gasteiger charge is -2.54. The van der Waals surface area contributed by atoms with Crippen molar-refractivity contribution >= 4 is 38.9 Å². The lowest BCUT2D eigenvalue weighted by Crippen LogP contribution is -2.60. The predicted octanol–water partition coefficient (Wildman–Crippen LogP) is 6.40. The summed E-state index contributed by atoms with van der Waals surface area (Å²) in [6.07, 6.45) is 6.88. The van der Waals surface area contributed by atoms with Crippen LogP contribution in [-0.4, -0.2) is 133 Å². The van der Waals surface area contributed by atoms with E-state index >= 15 is 4.39 Å². The minimum absolute atomic E-state index is 0.0986. The van der Waals surface area contributed by atoms with Gasteiger partial charge in [0.15, 0.2) is 0 Å². The highest BCUT2D eigenvalue weighted by Gasteiger charge is 2.53. The van der Waals surface area contributed by atoms with Gasteiger partial charge in [-0.1, -0.05) is 25.1 Å². The summed E-state index contributed by atoms with van der Waals surface area (Å²) in [5, 5.41) is 15.4. The first kappa shape index (κ1) is 44.6. The van der Waals surface area contributed by atoms with Gasteiger partial charge in [0.2, 0.25) is 15.7 Å². The molecule has 3 heterocycles. The number of halogens is 1. The minimum Gasteiger partial charge on any atom is -0.465 e. The number of nitrogens with zero attached hydrogens (tertiary/aromatic N) is 5. The maximum Gasteiger partial charge on any atom is 0.404 e. The maximum atomic E-state index is 15.0. The first-order chi connectivity index (χ1) is 29.2. The molecule has 0 spiro atoms. The SMILES string of the molecule is C=CC(=O)Nc1cc(N(C)CCCN(C)C)cc(S(=O)(=O)c2ccc(N3CC(CN4CCC(C(CN5CCC5)(c5cccc(F)c5)[C@H]5CCC[C@@H]5NC(=O)O)CC4)C3)cc2)c1. The van der Waals surface area contributed by atoms with Crippen LogP contribution in [0, 0.1) is 23.6 Å². The minimum atomic E-state index is -3.90. The lowest BCUT2D eigenvalue weighted by atomic mass is 9.57. The largest absolute Gasteiger partial charge is 0.465 e. The Kier molecular flexibility index (Phi) is 14.1. The molecular formula is C47H64FN7O5S. The Morgan fingerprint density at radius 2 is 1.64 bits per heavy atom. The number of sulfone groups is 1. The second-order valence-electron chi connectivity index (χ2n) is 18.1. The van der Waals surface area contributed by atoms with E-state index < -0.39 is 21.8 Å². The molecule has 0 aromatic heterocycles. The summed E-state index contributed by atoms with van der Waals surface area (Å²) in [6, 6.07) is 19.0. The fraction of sp³-hybridized carbons (Fsp3) is 0.532. The van der Waals surface area contributed by atoms with Crippen molar-refractivity contribution in [3.8, 4) is 0 Å². The first-order valence-electron chi connectivity index (χ1n) is 22.0. The average molecular weight is 858 g/mol. The van der Waals surface area contributed by atoms with Crippen molar-refractivity contribution in [3.63, 3.8) is 0 Å².